The van der Waals surface area contributed by atoms with Crippen molar-refractivity contribution in [1.82, 2.24) is 19.9 Å². The zero-order chi connectivity index (χ0) is 18.9. The molecule has 1 saturated carbocycles. The van der Waals surface area contributed by atoms with Crippen LogP contribution in [-0.2, 0) is 4.79 Å². The van der Waals surface area contributed by atoms with Crippen LogP contribution in [0.4, 0.5) is 5.82 Å². The lowest BCUT2D eigenvalue weighted by atomic mass is 9.89. The number of nitrogens with zero attached hydrogens (tertiary/aromatic N) is 4. The van der Waals surface area contributed by atoms with Gasteiger partial charge in [0.15, 0.2) is 5.65 Å². The highest BCUT2D eigenvalue weighted by molar-refractivity contribution is 5.80. The van der Waals surface area contributed by atoms with Crippen LogP contribution in [0.5, 0.6) is 0 Å². The van der Waals surface area contributed by atoms with Crippen LogP contribution in [0.25, 0.3) is 11.2 Å². The van der Waals surface area contributed by atoms with Crippen LogP contribution < -0.4 is 4.90 Å². The van der Waals surface area contributed by atoms with Crippen molar-refractivity contribution >= 4 is 22.9 Å². The standard InChI is InChI=1S/C22H31N5O/c28-22(26-12-4-5-13-26)17-9-6-14-27(15-17)19-11-10-18-21(24-19)25-20(23-18)16-7-2-1-3-8-16/h10-11,16-17H,1-9,12-15H2,(H,23,24,25). The third kappa shape index (κ3) is 3.49. The number of pyridine rings is 1. The Kier molecular flexibility index (Phi) is 4.95. The van der Waals surface area contributed by atoms with Crippen molar-refractivity contribution in [1.29, 1.82) is 0 Å². The van der Waals surface area contributed by atoms with E-state index in [-0.39, 0.29) is 5.92 Å². The lowest BCUT2D eigenvalue weighted by Crippen LogP contribution is -2.44. The SMILES string of the molecule is O=C(C1CCCN(c2ccc3[nH]c(C4CCCCC4)nc3n2)C1)N1CCCC1. The molecule has 0 radical (unpaired) electrons. The van der Waals surface area contributed by atoms with Crippen molar-refractivity contribution in [2.75, 3.05) is 31.1 Å². The molecule has 5 rings (SSSR count). The van der Waals surface area contributed by atoms with Gasteiger partial charge in [-0.3, -0.25) is 4.79 Å². The van der Waals surface area contributed by atoms with E-state index in [0.717, 1.165) is 74.7 Å². The average molecular weight is 382 g/mol. The highest BCUT2D eigenvalue weighted by Crippen LogP contribution is 2.32. The Hall–Kier alpha value is -2.11. The number of carbonyl (C=O) groups is 1. The zero-order valence-electron chi connectivity index (χ0n) is 16.7. The molecule has 6 heteroatoms. The van der Waals surface area contributed by atoms with Gasteiger partial charge in [-0.25, -0.2) is 9.97 Å². The maximum absolute atomic E-state index is 12.8. The zero-order valence-corrected chi connectivity index (χ0v) is 16.7. The molecule has 1 amide bonds. The van der Waals surface area contributed by atoms with Crippen molar-refractivity contribution in [3.8, 4) is 0 Å². The quantitative estimate of drug-likeness (QED) is 0.877. The summed E-state index contributed by atoms with van der Waals surface area (Å²) in [7, 11) is 0. The number of anilines is 1. The third-order valence-corrected chi connectivity index (χ3v) is 6.85. The van der Waals surface area contributed by atoms with Crippen LogP contribution >= 0.6 is 0 Å². The monoisotopic (exact) mass is 381 g/mol. The van der Waals surface area contributed by atoms with E-state index in [1.54, 1.807) is 0 Å². The van der Waals surface area contributed by atoms with Gasteiger partial charge in [-0.1, -0.05) is 19.3 Å². The predicted octanol–water partition coefficient (Wildman–Crippen LogP) is 3.84. The number of aromatic nitrogens is 3. The molecule has 0 spiro atoms. The number of imidazole rings is 1. The van der Waals surface area contributed by atoms with E-state index in [0.29, 0.717) is 11.8 Å². The lowest BCUT2D eigenvalue weighted by molar-refractivity contribution is -0.134. The molecule has 1 unspecified atom stereocenters. The molecule has 2 aromatic rings. The molecule has 6 nitrogen and oxygen atoms in total. The summed E-state index contributed by atoms with van der Waals surface area (Å²) in [6, 6.07) is 4.21. The predicted molar refractivity (Wildman–Crippen MR) is 110 cm³/mol. The van der Waals surface area contributed by atoms with Crippen LogP contribution in [0.3, 0.4) is 0 Å². The minimum Gasteiger partial charge on any atom is -0.356 e. The second-order valence-corrected chi connectivity index (χ2v) is 8.82. The summed E-state index contributed by atoms with van der Waals surface area (Å²) in [5, 5.41) is 0. The normalized spacial score (nSPS) is 24.2. The summed E-state index contributed by atoms with van der Waals surface area (Å²) in [5.74, 6) is 3.10. The molecule has 0 bridgehead atoms. The molecule has 4 heterocycles. The summed E-state index contributed by atoms with van der Waals surface area (Å²) in [5.41, 5.74) is 1.86. The van der Waals surface area contributed by atoms with Crippen molar-refractivity contribution in [2.24, 2.45) is 5.92 Å². The number of aromatic amines is 1. The van der Waals surface area contributed by atoms with Gasteiger partial charge in [0.2, 0.25) is 5.91 Å². The molecule has 28 heavy (non-hydrogen) atoms. The van der Waals surface area contributed by atoms with E-state index in [2.05, 4.69) is 26.9 Å². The van der Waals surface area contributed by atoms with E-state index < -0.39 is 0 Å². The minimum atomic E-state index is 0.112. The fourth-order valence-corrected chi connectivity index (χ4v) is 5.23. The molecule has 2 aliphatic heterocycles. The Labute approximate surface area is 166 Å². The maximum atomic E-state index is 12.8. The van der Waals surface area contributed by atoms with Gasteiger partial charge in [0.1, 0.15) is 11.6 Å². The largest absolute Gasteiger partial charge is 0.356 e. The molecule has 1 N–H and O–H groups in total. The van der Waals surface area contributed by atoms with Crippen molar-refractivity contribution in [3.63, 3.8) is 0 Å². The van der Waals surface area contributed by atoms with E-state index >= 15 is 0 Å². The van der Waals surface area contributed by atoms with Gasteiger partial charge >= 0.3 is 0 Å². The number of likely N-dealkylation sites (tertiary alicyclic amines) is 1. The van der Waals surface area contributed by atoms with Gasteiger partial charge in [-0.05, 0) is 50.7 Å². The molecular formula is C22H31N5O. The van der Waals surface area contributed by atoms with E-state index in [1.807, 2.05) is 0 Å². The lowest BCUT2D eigenvalue weighted by Gasteiger charge is -2.34. The summed E-state index contributed by atoms with van der Waals surface area (Å²) < 4.78 is 0. The van der Waals surface area contributed by atoms with E-state index in [1.165, 1.54) is 32.1 Å². The number of rotatable bonds is 3. The Balaban J connectivity index is 1.32. The number of hydrogen-bond donors (Lipinski definition) is 1. The van der Waals surface area contributed by atoms with Crippen molar-refractivity contribution in [2.45, 2.75) is 63.7 Å². The van der Waals surface area contributed by atoms with Gasteiger partial charge in [0.25, 0.3) is 0 Å². The fraction of sp³-hybridized carbons (Fsp3) is 0.682. The number of hydrogen-bond acceptors (Lipinski definition) is 4. The maximum Gasteiger partial charge on any atom is 0.227 e. The first-order chi connectivity index (χ1) is 13.8. The summed E-state index contributed by atoms with van der Waals surface area (Å²) in [6.07, 6.45) is 10.8. The summed E-state index contributed by atoms with van der Waals surface area (Å²) in [4.78, 5) is 30.4. The first kappa shape index (κ1) is 18.0. The number of piperidine rings is 1. The molecular weight excluding hydrogens is 350 g/mol. The number of fused-ring (bicyclic) bond motifs is 1. The first-order valence-corrected chi connectivity index (χ1v) is 11.2. The van der Waals surface area contributed by atoms with Gasteiger partial charge in [-0.15, -0.1) is 0 Å². The number of nitrogens with one attached hydrogen (secondary N) is 1. The molecule has 2 saturated heterocycles. The van der Waals surface area contributed by atoms with Crippen LogP contribution in [0, 0.1) is 5.92 Å². The minimum absolute atomic E-state index is 0.112. The van der Waals surface area contributed by atoms with Crippen LogP contribution in [-0.4, -0.2) is 51.9 Å². The van der Waals surface area contributed by atoms with Crippen molar-refractivity contribution < 1.29 is 4.79 Å². The molecule has 0 aromatic carbocycles. The van der Waals surface area contributed by atoms with E-state index in [9.17, 15) is 4.79 Å². The van der Waals surface area contributed by atoms with Crippen LogP contribution in [0.2, 0.25) is 0 Å². The molecule has 3 aliphatic rings. The Bertz CT molecular complexity index is 835. The molecule has 2 aromatic heterocycles. The number of amides is 1. The summed E-state index contributed by atoms with van der Waals surface area (Å²) >= 11 is 0. The molecule has 1 aliphatic carbocycles. The van der Waals surface area contributed by atoms with Gasteiger partial charge < -0.3 is 14.8 Å². The summed E-state index contributed by atoms with van der Waals surface area (Å²) in [6.45, 7) is 3.64. The Morgan fingerprint density at radius 2 is 1.75 bits per heavy atom. The Morgan fingerprint density at radius 3 is 2.57 bits per heavy atom. The van der Waals surface area contributed by atoms with Crippen LogP contribution in [0.1, 0.15) is 69.5 Å². The van der Waals surface area contributed by atoms with Gasteiger partial charge in [0.05, 0.1) is 11.4 Å². The average Bonchev–Trinajstić information content (AvgIpc) is 3.43. The smallest absolute Gasteiger partial charge is 0.227 e. The van der Waals surface area contributed by atoms with E-state index in [4.69, 9.17) is 9.97 Å². The van der Waals surface area contributed by atoms with Gasteiger partial charge in [-0.2, -0.15) is 0 Å². The molecule has 3 fully saturated rings. The highest BCUT2D eigenvalue weighted by Gasteiger charge is 2.31. The highest BCUT2D eigenvalue weighted by atomic mass is 16.2. The molecule has 1 atom stereocenters. The van der Waals surface area contributed by atoms with Crippen molar-refractivity contribution in [3.05, 3.63) is 18.0 Å². The molecule has 150 valence electrons. The first-order valence-electron chi connectivity index (χ1n) is 11.2. The second kappa shape index (κ2) is 7.72. The van der Waals surface area contributed by atoms with Gasteiger partial charge in [0, 0.05) is 32.1 Å². The fourth-order valence-electron chi connectivity index (χ4n) is 5.23. The van der Waals surface area contributed by atoms with Crippen LogP contribution in [0.15, 0.2) is 12.1 Å². The Morgan fingerprint density at radius 1 is 0.929 bits per heavy atom. The number of carbonyl (C=O) groups excluding carboxylic acids is 1. The third-order valence-electron chi connectivity index (χ3n) is 6.85. The topological polar surface area (TPSA) is 65.1 Å². The number of H-pyrrole nitrogens is 1. The second-order valence-electron chi connectivity index (χ2n) is 8.82.